The van der Waals surface area contributed by atoms with Crippen LogP contribution in [0, 0.1) is 0 Å². The van der Waals surface area contributed by atoms with Crippen LogP contribution in [0.2, 0.25) is 0 Å². The summed E-state index contributed by atoms with van der Waals surface area (Å²) in [4.78, 5) is 14.4. The second kappa shape index (κ2) is 10.2. The minimum absolute atomic E-state index is 0.0651. The molecule has 0 bridgehead atoms. The number of carbonyl (C=O) groups is 1. The molecule has 0 radical (unpaired) electrons. The number of rotatable bonds is 8. The van der Waals surface area contributed by atoms with Gasteiger partial charge in [0.05, 0.1) is 25.9 Å². The summed E-state index contributed by atoms with van der Waals surface area (Å²) >= 11 is 0. The van der Waals surface area contributed by atoms with Crippen molar-refractivity contribution in [2.24, 2.45) is 0 Å². The van der Waals surface area contributed by atoms with Gasteiger partial charge in [0.1, 0.15) is 5.75 Å². The lowest BCUT2D eigenvalue weighted by molar-refractivity contribution is 0.0375. The number of nitrogens with zero attached hydrogens (tertiary/aromatic N) is 1. The van der Waals surface area contributed by atoms with Crippen molar-refractivity contribution in [2.75, 3.05) is 46.0 Å². The Morgan fingerprint density at radius 3 is 2.92 bits per heavy atom. The molecule has 1 atom stereocenters. The molecule has 0 aliphatic carbocycles. The fraction of sp³-hybridized carbons (Fsp3) is 0.611. The van der Waals surface area contributed by atoms with Gasteiger partial charge in [-0.05, 0) is 44.5 Å². The Bertz CT molecular complexity index is 504. The maximum Gasteiger partial charge on any atom is 0.315 e. The molecule has 1 aromatic rings. The molecule has 24 heavy (non-hydrogen) atoms. The van der Waals surface area contributed by atoms with E-state index >= 15 is 0 Å². The highest BCUT2D eigenvalue weighted by Crippen LogP contribution is 2.18. The second-order valence-electron chi connectivity index (χ2n) is 5.93. The zero-order chi connectivity index (χ0) is 17.2. The van der Waals surface area contributed by atoms with Gasteiger partial charge in [-0.2, -0.15) is 0 Å². The van der Waals surface area contributed by atoms with Crippen LogP contribution in [-0.2, 0) is 4.74 Å². The highest BCUT2D eigenvalue weighted by atomic mass is 16.5. The number of benzene rings is 1. The van der Waals surface area contributed by atoms with Gasteiger partial charge < -0.3 is 20.1 Å². The van der Waals surface area contributed by atoms with E-state index in [2.05, 4.69) is 15.5 Å². The summed E-state index contributed by atoms with van der Waals surface area (Å²) < 4.78 is 10.8. The third kappa shape index (κ3) is 6.37. The van der Waals surface area contributed by atoms with Crippen molar-refractivity contribution in [3.63, 3.8) is 0 Å². The van der Waals surface area contributed by atoms with E-state index < -0.39 is 0 Å². The third-order valence-corrected chi connectivity index (χ3v) is 4.06. The molecule has 6 heteroatoms. The van der Waals surface area contributed by atoms with Crippen molar-refractivity contribution in [3.8, 4) is 5.75 Å². The molecule has 2 rings (SSSR count). The number of morpholine rings is 1. The van der Waals surface area contributed by atoms with Crippen molar-refractivity contribution in [1.29, 1.82) is 0 Å². The molecule has 1 aliphatic rings. The minimum atomic E-state index is -0.133. The van der Waals surface area contributed by atoms with Crippen LogP contribution in [-0.4, -0.2) is 56.9 Å². The first kappa shape index (κ1) is 18.5. The minimum Gasteiger partial charge on any atom is -0.494 e. The fourth-order valence-corrected chi connectivity index (χ4v) is 2.70. The SMILES string of the molecule is CCOc1cccc(C(C)NC(=O)NCCCN2CCOCC2)c1. The number of hydrogen-bond acceptors (Lipinski definition) is 4. The maximum absolute atomic E-state index is 12.0. The van der Waals surface area contributed by atoms with Gasteiger partial charge in [0, 0.05) is 19.6 Å². The van der Waals surface area contributed by atoms with Gasteiger partial charge in [-0.3, -0.25) is 4.90 Å². The molecular weight excluding hydrogens is 306 g/mol. The topological polar surface area (TPSA) is 62.8 Å². The monoisotopic (exact) mass is 335 g/mol. The van der Waals surface area contributed by atoms with Crippen LogP contribution in [0.4, 0.5) is 4.79 Å². The molecular formula is C18H29N3O3. The van der Waals surface area contributed by atoms with Crippen LogP contribution >= 0.6 is 0 Å². The van der Waals surface area contributed by atoms with E-state index in [1.54, 1.807) is 0 Å². The van der Waals surface area contributed by atoms with Crippen LogP contribution in [0.1, 0.15) is 31.9 Å². The zero-order valence-electron chi connectivity index (χ0n) is 14.7. The van der Waals surface area contributed by atoms with E-state index in [-0.39, 0.29) is 12.1 Å². The summed E-state index contributed by atoms with van der Waals surface area (Å²) in [6.07, 6.45) is 0.946. The van der Waals surface area contributed by atoms with Gasteiger partial charge in [-0.25, -0.2) is 4.79 Å². The summed E-state index contributed by atoms with van der Waals surface area (Å²) in [6.45, 7) is 9.83. The predicted molar refractivity (Wildman–Crippen MR) is 94.4 cm³/mol. The zero-order valence-corrected chi connectivity index (χ0v) is 14.7. The highest BCUT2D eigenvalue weighted by molar-refractivity contribution is 5.74. The lowest BCUT2D eigenvalue weighted by Crippen LogP contribution is -2.40. The first-order chi connectivity index (χ1) is 11.7. The molecule has 0 spiro atoms. The van der Waals surface area contributed by atoms with Crippen LogP contribution in [0.25, 0.3) is 0 Å². The summed E-state index contributed by atoms with van der Waals surface area (Å²) in [7, 11) is 0. The molecule has 1 saturated heterocycles. The Hall–Kier alpha value is -1.79. The van der Waals surface area contributed by atoms with Gasteiger partial charge in [-0.1, -0.05) is 12.1 Å². The van der Waals surface area contributed by atoms with Crippen molar-refractivity contribution in [3.05, 3.63) is 29.8 Å². The van der Waals surface area contributed by atoms with Crippen molar-refractivity contribution >= 4 is 6.03 Å². The van der Waals surface area contributed by atoms with Crippen molar-refractivity contribution < 1.29 is 14.3 Å². The number of amides is 2. The van der Waals surface area contributed by atoms with Crippen molar-refractivity contribution in [1.82, 2.24) is 15.5 Å². The first-order valence-electron chi connectivity index (χ1n) is 8.76. The van der Waals surface area contributed by atoms with Crippen LogP contribution < -0.4 is 15.4 Å². The largest absolute Gasteiger partial charge is 0.494 e. The number of hydrogen-bond donors (Lipinski definition) is 2. The van der Waals surface area contributed by atoms with Crippen LogP contribution in [0.3, 0.4) is 0 Å². The summed E-state index contributed by atoms with van der Waals surface area (Å²) in [5, 5.41) is 5.89. The standard InChI is InChI=1S/C18H29N3O3/c1-3-24-17-7-4-6-16(14-17)15(2)20-18(22)19-8-5-9-21-10-12-23-13-11-21/h4,6-7,14-15H,3,5,8-13H2,1-2H3,(H2,19,20,22). The Kier molecular flexibility index (Phi) is 7.85. The molecule has 6 nitrogen and oxygen atoms in total. The molecule has 1 aliphatic heterocycles. The third-order valence-electron chi connectivity index (χ3n) is 4.06. The second-order valence-corrected chi connectivity index (χ2v) is 5.93. The molecule has 1 fully saturated rings. The Morgan fingerprint density at radius 1 is 1.38 bits per heavy atom. The van der Waals surface area contributed by atoms with Crippen LogP contribution in [0.5, 0.6) is 5.75 Å². The highest BCUT2D eigenvalue weighted by Gasteiger charge is 2.11. The van der Waals surface area contributed by atoms with Gasteiger partial charge in [-0.15, -0.1) is 0 Å². The Morgan fingerprint density at radius 2 is 2.17 bits per heavy atom. The predicted octanol–water partition coefficient (Wildman–Crippen LogP) is 2.17. The maximum atomic E-state index is 12.0. The molecule has 1 heterocycles. The van der Waals surface area contributed by atoms with E-state index in [4.69, 9.17) is 9.47 Å². The molecule has 134 valence electrons. The molecule has 2 N–H and O–H groups in total. The Labute approximate surface area is 144 Å². The summed E-state index contributed by atoms with van der Waals surface area (Å²) in [5.74, 6) is 0.828. The number of ether oxygens (including phenoxy) is 2. The van der Waals surface area contributed by atoms with E-state index in [1.807, 2.05) is 38.1 Å². The fourth-order valence-electron chi connectivity index (χ4n) is 2.70. The molecule has 0 aromatic heterocycles. The smallest absolute Gasteiger partial charge is 0.315 e. The lowest BCUT2D eigenvalue weighted by atomic mass is 10.1. The molecule has 1 aromatic carbocycles. The van der Waals surface area contributed by atoms with Gasteiger partial charge >= 0.3 is 6.03 Å². The average Bonchev–Trinajstić information content (AvgIpc) is 2.60. The first-order valence-corrected chi connectivity index (χ1v) is 8.76. The van der Waals surface area contributed by atoms with Gasteiger partial charge in [0.2, 0.25) is 0 Å². The summed E-state index contributed by atoms with van der Waals surface area (Å²) in [5.41, 5.74) is 1.03. The Balaban J connectivity index is 1.66. The average molecular weight is 335 g/mol. The number of urea groups is 1. The molecule has 2 amide bonds. The van der Waals surface area contributed by atoms with E-state index in [9.17, 15) is 4.79 Å². The number of carbonyl (C=O) groups excluding carboxylic acids is 1. The van der Waals surface area contributed by atoms with Gasteiger partial charge in [0.25, 0.3) is 0 Å². The van der Waals surface area contributed by atoms with Gasteiger partial charge in [0.15, 0.2) is 0 Å². The molecule has 1 unspecified atom stereocenters. The van der Waals surface area contributed by atoms with E-state index in [0.29, 0.717) is 13.2 Å². The van der Waals surface area contributed by atoms with E-state index in [1.165, 1.54) is 0 Å². The normalized spacial score (nSPS) is 16.4. The number of nitrogens with one attached hydrogen (secondary N) is 2. The van der Waals surface area contributed by atoms with Crippen molar-refractivity contribution in [2.45, 2.75) is 26.3 Å². The summed E-state index contributed by atoms with van der Waals surface area (Å²) in [6, 6.07) is 7.62. The quantitative estimate of drug-likeness (QED) is 0.715. The van der Waals surface area contributed by atoms with E-state index in [0.717, 1.165) is 50.6 Å². The van der Waals surface area contributed by atoms with Crippen LogP contribution in [0.15, 0.2) is 24.3 Å². The lowest BCUT2D eigenvalue weighted by Gasteiger charge is -2.26. The molecule has 0 saturated carbocycles.